The van der Waals surface area contributed by atoms with E-state index in [1.54, 1.807) is 6.07 Å². The molecule has 18 heavy (non-hydrogen) atoms. The Labute approximate surface area is 114 Å². The van der Waals surface area contributed by atoms with Crippen molar-refractivity contribution < 1.29 is 4.39 Å². The summed E-state index contributed by atoms with van der Waals surface area (Å²) < 4.78 is 14.1. The van der Waals surface area contributed by atoms with Crippen molar-refractivity contribution >= 4 is 11.6 Å². The van der Waals surface area contributed by atoms with Crippen molar-refractivity contribution in [3.63, 3.8) is 0 Å². The summed E-state index contributed by atoms with van der Waals surface area (Å²) in [6.07, 6.45) is 2.94. The Hall–Kier alpha value is -0.600. The van der Waals surface area contributed by atoms with E-state index in [4.69, 9.17) is 11.6 Å². The van der Waals surface area contributed by atoms with Crippen LogP contribution in [0, 0.1) is 11.2 Å². The van der Waals surface area contributed by atoms with Gasteiger partial charge in [-0.05, 0) is 42.9 Å². The van der Waals surface area contributed by atoms with Crippen molar-refractivity contribution in [1.29, 1.82) is 0 Å². The van der Waals surface area contributed by atoms with E-state index in [-0.39, 0.29) is 21.8 Å². The molecule has 0 amide bonds. The Morgan fingerprint density at radius 1 is 1.39 bits per heavy atom. The number of benzene rings is 1. The number of rotatable bonds is 2. The molecule has 1 fully saturated rings. The first-order chi connectivity index (χ1) is 8.36. The summed E-state index contributed by atoms with van der Waals surface area (Å²) in [4.78, 5) is 0. The molecule has 1 aliphatic heterocycles. The predicted octanol–water partition coefficient (Wildman–Crippen LogP) is 4.19. The van der Waals surface area contributed by atoms with E-state index >= 15 is 0 Å². The van der Waals surface area contributed by atoms with Gasteiger partial charge in [-0.25, -0.2) is 4.39 Å². The van der Waals surface area contributed by atoms with Crippen LogP contribution in [0.3, 0.4) is 0 Å². The standard InChI is InChI=1S/C15H21ClFN/c1-14(2,3)15(8-5-9-18-15)10-11-6-4-7-12(16)13(11)17/h4,6-7,18H,5,8-10H2,1-3H3. The molecule has 1 aromatic rings. The first-order valence-electron chi connectivity index (χ1n) is 6.54. The molecule has 3 heteroatoms. The van der Waals surface area contributed by atoms with Crippen LogP contribution >= 0.6 is 11.6 Å². The molecule has 1 saturated heterocycles. The van der Waals surface area contributed by atoms with E-state index in [0.29, 0.717) is 12.0 Å². The van der Waals surface area contributed by atoms with Crippen LogP contribution in [0.2, 0.25) is 5.02 Å². The summed E-state index contributed by atoms with van der Waals surface area (Å²) in [6, 6.07) is 5.27. The topological polar surface area (TPSA) is 12.0 Å². The van der Waals surface area contributed by atoms with Crippen molar-refractivity contribution in [2.45, 2.75) is 45.6 Å². The van der Waals surface area contributed by atoms with Gasteiger partial charge < -0.3 is 5.32 Å². The lowest BCUT2D eigenvalue weighted by atomic mass is 9.69. The fourth-order valence-corrected chi connectivity index (χ4v) is 3.07. The molecule has 0 aromatic heterocycles. The molecular weight excluding hydrogens is 249 g/mol. The molecule has 0 saturated carbocycles. The summed E-state index contributed by atoms with van der Waals surface area (Å²) in [5.74, 6) is -0.267. The Balaban J connectivity index is 2.33. The number of hydrogen-bond donors (Lipinski definition) is 1. The highest BCUT2D eigenvalue weighted by Gasteiger charge is 2.44. The minimum atomic E-state index is -0.267. The lowest BCUT2D eigenvalue weighted by molar-refractivity contribution is 0.158. The van der Waals surface area contributed by atoms with Crippen molar-refractivity contribution in [3.8, 4) is 0 Å². The maximum atomic E-state index is 14.1. The third-order valence-electron chi connectivity index (χ3n) is 4.20. The van der Waals surface area contributed by atoms with Gasteiger partial charge in [0.1, 0.15) is 5.82 Å². The summed E-state index contributed by atoms with van der Waals surface area (Å²) >= 11 is 5.86. The molecule has 1 N–H and O–H groups in total. The van der Waals surface area contributed by atoms with Crippen molar-refractivity contribution in [2.75, 3.05) is 6.54 Å². The fraction of sp³-hybridized carbons (Fsp3) is 0.600. The largest absolute Gasteiger partial charge is 0.310 e. The SMILES string of the molecule is CC(C)(C)C1(Cc2cccc(Cl)c2F)CCCN1. The molecule has 2 rings (SSSR count). The summed E-state index contributed by atoms with van der Waals surface area (Å²) in [6.45, 7) is 7.66. The van der Waals surface area contributed by atoms with Crippen molar-refractivity contribution in [2.24, 2.45) is 5.41 Å². The maximum absolute atomic E-state index is 14.1. The summed E-state index contributed by atoms with van der Waals surface area (Å²) in [7, 11) is 0. The van der Waals surface area contributed by atoms with Gasteiger partial charge in [0.25, 0.3) is 0 Å². The average molecular weight is 270 g/mol. The van der Waals surface area contributed by atoms with Crippen molar-refractivity contribution in [1.82, 2.24) is 5.32 Å². The van der Waals surface area contributed by atoms with Crippen LogP contribution in [0.4, 0.5) is 4.39 Å². The molecule has 1 atom stereocenters. The quantitative estimate of drug-likeness (QED) is 0.849. The fourth-order valence-electron chi connectivity index (χ4n) is 2.87. The van der Waals surface area contributed by atoms with Crippen LogP contribution in [0.1, 0.15) is 39.2 Å². The zero-order valence-electron chi connectivity index (χ0n) is 11.3. The van der Waals surface area contributed by atoms with Crippen LogP contribution in [0.5, 0.6) is 0 Å². The number of hydrogen-bond acceptors (Lipinski definition) is 1. The van der Waals surface area contributed by atoms with E-state index in [9.17, 15) is 4.39 Å². The van der Waals surface area contributed by atoms with Gasteiger partial charge in [-0.2, -0.15) is 0 Å². The summed E-state index contributed by atoms with van der Waals surface area (Å²) in [5, 5.41) is 3.81. The van der Waals surface area contributed by atoms with Gasteiger partial charge in [0.2, 0.25) is 0 Å². The summed E-state index contributed by atoms with van der Waals surface area (Å²) in [5.41, 5.74) is 0.781. The molecule has 100 valence electrons. The van der Waals surface area contributed by atoms with Gasteiger partial charge in [0.05, 0.1) is 5.02 Å². The minimum absolute atomic E-state index is 0.0292. The molecule has 1 heterocycles. The Bertz CT molecular complexity index is 431. The van der Waals surface area contributed by atoms with E-state index < -0.39 is 0 Å². The molecule has 0 bridgehead atoms. The van der Waals surface area contributed by atoms with Gasteiger partial charge in [-0.1, -0.05) is 44.5 Å². The normalized spacial score (nSPS) is 24.5. The molecule has 0 spiro atoms. The van der Waals surface area contributed by atoms with E-state index in [1.807, 2.05) is 12.1 Å². The van der Waals surface area contributed by atoms with Gasteiger partial charge in [-0.15, -0.1) is 0 Å². The molecule has 0 aliphatic carbocycles. The van der Waals surface area contributed by atoms with Gasteiger partial charge >= 0.3 is 0 Å². The minimum Gasteiger partial charge on any atom is -0.310 e. The third kappa shape index (κ3) is 2.41. The maximum Gasteiger partial charge on any atom is 0.145 e. The Morgan fingerprint density at radius 3 is 2.67 bits per heavy atom. The van der Waals surface area contributed by atoms with Crippen LogP contribution < -0.4 is 5.32 Å². The second-order valence-electron chi connectivity index (χ2n) is 6.25. The number of nitrogens with one attached hydrogen (secondary N) is 1. The molecule has 1 nitrogen and oxygen atoms in total. The van der Waals surface area contributed by atoms with Crippen molar-refractivity contribution in [3.05, 3.63) is 34.6 Å². The number of halogens is 2. The predicted molar refractivity (Wildman–Crippen MR) is 74.5 cm³/mol. The van der Waals surface area contributed by atoms with Gasteiger partial charge in [-0.3, -0.25) is 0 Å². The average Bonchev–Trinajstić information content (AvgIpc) is 2.74. The van der Waals surface area contributed by atoms with Crippen LogP contribution in [0.25, 0.3) is 0 Å². The smallest absolute Gasteiger partial charge is 0.145 e. The van der Waals surface area contributed by atoms with Crippen LogP contribution in [-0.2, 0) is 6.42 Å². The zero-order valence-corrected chi connectivity index (χ0v) is 12.1. The van der Waals surface area contributed by atoms with E-state index in [0.717, 1.165) is 19.4 Å². The van der Waals surface area contributed by atoms with Crippen LogP contribution in [0.15, 0.2) is 18.2 Å². The molecule has 0 radical (unpaired) electrons. The van der Waals surface area contributed by atoms with E-state index in [1.165, 1.54) is 0 Å². The third-order valence-corrected chi connectivity index (χ3v) is 4.50. The Morgan fingerprint density at radius 2 is 2.11 bits per heavy atom. The van der Waals surface area contributed by atoms with E-state index in [2.05, 4.69) is 26.1 Å². The highest BCUT2D eigenvalue weighted by molar-refractivity contribution is 6.30. The molecule has 1 aliphatic rings. The molecule has 1 unspecified atom stereocenters. The highest BCUT2D eigenvalue weighted by atomic mass is 35.5. The van der Waals surface area contributed by atoms with Gasteiger partial charge in [0, 0.05) is 5.54 Å². The van der Waals surface area contributed by atoms with Gasteiger partial charge in [0.15, 0.2) is 0 Å². The second-order valence-corrected chi connectivity index (χ2v) is 6.66. The zero-order chi connectivity index (χ0) is 13.4. The Kier molecular flexibility index (Phi) is 3.70. The molecular formula is C15H21ClFN. The monoisotopic (exact) mass is 269 g/mol. The highest BCUT2D eigenvalue weighted by Crippen LogP contribution is 2.40. The second kappa shape index (κ2) is 4.82. The molecule has 1 aromatic carbocycles. The lowest BCUT2D eigenvalue weighted by Gasteiger charge is -2.42. The first kappa shape index (κ1) is 13.8. The lowest BCUT2D eigenvalue weighted by Crippen LogP contribution is -2.52. The first-order valence-corrected chi connectivity index (χ1v) is 6.91. The van der Waals surface area contributed by atoms with Crippen LogP contribution in [-0.4, -0.2) is 12.1 Å².